The Hall–Kier alpha value is -0.670. The highest BCUT2D eigenvalue weighted by Gasteiger charge is 2.38. The van der Waals surface area contributed by atoms with Crippen molar-refractivity contribution in [2.24, 2.45) is 5.92 Å². The summed E-state index contributed by atoms with van der Waals surface area (Å²) in [6.45, 7) is 1.94. The van der Waals surface area contributed by atoms with Crippen LogP contribution in [0, 0.1) is 5.92 Å². The number of alkyl halides is 2. The molecule has 0 amide bonds. The van der Waals surface area contributed by atoms with Crippen molar-refractivity contribution < 1.29 is 18.3 Å². The van der Waals surface area contributed by atoms with Crippen LogP contribution in [0.5, 0.6) is 0 Å². The Balaban J connectivity index is 2.40. The number of esters is 1. The molecule has 0 radical (unpaired) electrons. The molecular formula is C8H12F2O2. The summed E-state index contributed by atoms with van der Waals surface area (Å²) in [4.78, 5) is 11.0. The second-order valence-electron chi connectivity index (χ2n) is 2.95. The minimum Gasteiger partial charge on any atom is -0.466 e. The number of ether oxygens (including phenoxy) is 1. The number of rotatable bonds is 2. The molecule has 2 unspecified atom stereocenters. The lowest BCUT2D eigenvalue weighted by Gasteiger charge is -2.06. The van der Waals surface area contributed by atoms with Gasteiger partial charge in [0.05, 0.1) is 12.5 Å². The summed E-state index contributed by atoms with van der Waals surface area (Å²) in [6, 6.07) is 0. The smallest absolute Gasteiger partial charge is 0.309 e. The van der Waals surface area contributed by atoms with Crippen molar-refractivity contribution >= 4 is 5.97 Å². The summed E-state index contributed by atoms with van der Waals surface area (Å²) >= 11 is 0. The largest absolute Gasteiger partial charge is 0.466 e. The van der Waals surface area contributed by atoms with Gasteiger partial charge in [-0.05, 0) is 19.8 Å². The van der Waals surface area contributed by atoms with Crippen molar-refractivity contribution in [1.82, 2.24) is 0 Å². The van der Waals surface area contributed by atoms with Crippen molar-refractivity contribution in [3.63, 3.8) is 0 Å². The molecule has 0 aliphatic heterocycles. The molecule has 1 saturated carbocycles. The van der Waals surface area contributed by atoms with Gasteiger partial charge in [0.25, 0.3) is 0 Å². The van der Waals surface area contributed by atoms with Gasteiger partial charge in [0.2, 0.25) is 0 Å². The molecule has 2 atom stereocenters. The van der Waals surface area contributed by atoms with E-state index >= 15 is 0 Å². The van der Waals surface area contributed by atoms with Gasteiger partial charge < -0.3 is 4.74 Å². The molecule has 0 heterocycles. The van der Waals surface area contributed by atoms with Crippen LogP contribution in [0.1, 0.15) is 19.8 Å². The predicted molar refractivity (Wildman–Crippen MR) is 39.1 cm³/mol. The first-order chi connectivity index (χ1) is 5.65. The zero-order valence-electron chi connectivity index (χ0n) is 6.93. The highest BCUT2D eigenvalue weighted by Crippen LogP contribution is 2.31. The van der Waals surface area contributed by atoms with Crippen LogP contribution in [0.25, 0.3) is 0 Å². The van der Waals surface area contributed by atoms with Gasteiger partial charge in [-0.2, -0.15) is 0 Å². The van der Waals surface area contributed by atoms with E-state index in [0.29, 0.717) is 0 Å². The molecule has 0 aromatic rings. The molecule has 1 rings (SSSR count). The minimum atomic E-state index is -1.49. The highest BCUT2D eigenvalue weighted by atomic mass is 19.2. The number of hydrogen-bond acceptors (Lipinski definition) is 2. The first-order valence-electron chi connectivity index (χ1n) is 4.10. The van der Waals surface area contributed by atoms with E-state index in [1.165, 1.54) is 0 Å². The molecule has 0 aromatic heterocycles. The molecule has 1 fully saturated rings. The van der Waals surface area contributed by atoms with Crippen molar-refractivity contribution in [2.75, 3.05) is 6.61 Å². The third-order valence-corrected chi connectivity index (χ3v) is 2.03. The third kappa shape index (κ3) is 1.93. The Bertz CT molecular complexity index is 162. The summed E-state index contributed by atoms with van der Waals surface area (Å²) in [7, 11) is 0. The average molecular weight is 178 g/mol. The summed E-state index contributed by atoms with van der Waals surface area (Å²) < 4.78 is 29.8. The van der Waals surface area contributed by atoms with Gasteiger partial charge >= 0.3 is 5.97 Å². The fourth-order valence-corrected chi connectivity index (χ4v) is 1.39. The van der Waals surface area contributed by atoms with E-state index in [0.717, 1.165) is 0 Å². The Labute approximate surface area is 69.9 Å². The van der Waals surface area contributed by atoms with E-state index in [1.807, 2.05) is 0 Å². The van der Waals surface area contributed by atoms with Gasteiger partial charge in [0, 0.05) is 0 Å². The first kappa shape index (κ1) is 9.42. The van der Waals surface area contributed by atoms with Gasteiger partial charge in [0.1, 0.15) is 12.3 Å². The Morgan fingerprint density at radius 1 is 1.42 bits per heavy atom. The van der Waals surface area contributed by atoms with Crippen molar-refractivity contribution in [1.29, 1.82) is 0 Å². The van der Waals surface area contributed by atoms with E-state index in [2.05, 4.69) is 4.74 Å². The van der Waals surface area contributed by atoms with E-state index in [9.17, 15) is 13.6 Å². The van der Waals surface area contributed by atoms with Crippen LogP contribution in [0.15, 0.2) is 0 Å². The summed E-state index contributed by atoms with van der Waals surface area (Å²) in [6.07, 6.45) is -3.03. The minimum absolute atomic E-state index is 0.0278. The van der Waals surface area contributed by atoms with E-state index in [4.69, 9.17) is 0 Å². The zero-order valence-corrected chi connectivity index (χ0v) is 6.93. The maximum atomic E-state index is 12.6. The molecule has 4 heteroatoms. The van der Waals surface area contributed by atoms with Crippen molar-refractivity contribution in [2.45, 2.75) is 32.1 Å². The average Bonchev–Trinajstić information content (AvgIpc) is 2.33. The highest BCUT2D eigenvalue weighted by molar-refractivity contribution is 5.73. The van der Waals surface area contributed by atoms with Crippen LogP contribution in [0.4, 0.5) is 8.78 Å². The number of halogens is 2. The monoisotopic (exact) mass is 178 g/mol. The molecule has 0 bridgehead atoms. The van der Waals surface area contributed by atoms with Gasteiger partial charge in [-0.25, -0.2) is 8.78 Å². The van der Waals surface area contributed by atoms with Crippen LogP contribution in [0.2, 0.25) is 0 Å². The van der Waals surface area contributed by atoms with E-state index in [1.54, 1.807) is 6.92 Å². The quantitative estimate of drug-likeness (QED) is 0.601. The van der Waals surface area contributed by atoms with E-state index < -0.39 is 24.2 Å². The second-order valence-corrected chi connectivity index (χ2v) is 2.95. The standard InChI is InChI=1S/C8H12F2O2/c1-2-12-8(11)5-3-6(9)7(10)4-5/h5-7H,2-4H2,1H3. The Kier molecular flexibility index (Phi) is 3.00. The van der Waals surface area contributed by atoms with Gasteiger partial charge in [-0.15, -0.1) is 0 Å². The van der Waals surface area contributed by atoms with Crippen LogP contribution in [-0.2, 0) is 9.53 Å². The summed E-state index contributed by atoms with van der Waals surface area (Å²) in [5.41, 5.74) is 0. The predicted octanol–water partition coefficient (Wildman–Crippen LogP) is 1.64. The lowest BCUT2D eigenvalue weighted by atomic mass is 10.1. The molecule has 1 aliphatic carbocycles. The summed E-state index contributed by atoms with van der Waals surface area (Å²) in [5.74, 6) is -1.05. The van der Waals surface area contributed by atoms with Crippen molar-refractivity contribution in [3.05, 3.63) is 0 Å². The van der Waals surface area contributed by atoms with Gasteiger partial charge in [0.15, 0.2) is 0 Å². The number of carbonyl (C=O) groups is 1. The molecule has 0 N–H and O–H groups in total. The lowest BCUT2D eigenvalue weighted by molar-refractivity contribution is -0.148. The molecular weight excluding hydrogens is 166 g/mol. The molecule has 0 saturated heterocycles. The first-order valence-corrected chi connectivity index (χ1v) is 4.10. The van der Waals surface area contributed by atoms with E-state index in [-0.39, 0.29) is 19.4 Å². The number of carbonyl (C=O) groups excluding carboxylic acids is 1. The molecule has 0 spiro atoms. The van der Waals surface area contributed by atoms with Crippen LogP contribution in [0.3, 0.4) is 0 Å². The number of hydrogen-bond donors (Lipinski definition) is 0. The molecule has 12 heavy (non-hydrogen) atoms. The fourth-order valence-electron chi connectivity index (χ4n) is 1.39. The second kappa shape index (κ2) is 3.83. The Morgan fingerprint density at radius 2 is 1.92 bits per heavy atom. The molecule has 2 nitrogen and oxygen atoms in total. The van der Waals surface area contributed by atoms with Gasteiger partial charge in [-0.3, -0.25) is 4.79 Å². The van der Waals surface area contributed by atoms with Crippen LogP contribution in [-0.4, -0.2) is 24.9 Å². The molecule has 0 aromatic carbocycles. The molecule has 70 valence electrons. The zero-order chi connectivity index (χ0) is 9.14. The normalized spacial score (nSPS) is 35.1. The van der Waals surface area contributed by atoms with Crippen LogP contribution >= 0.6 is 0 Å². The summed E-state index contributed by atoms with van der Waals surface area (Å²) in [5, 5.41) is 0. The maximum Gasteiger partial charge on any atom is 0.309 e. The topological polar surface area (TPSA) is 26.3 Å². The lowest BCUT2D eigenvalue weighted by Crippen LogP contribution is -2.15. The van der Waals surface area contributed by atoms with Crippen LogP contribution < -0.4 is 0 Å². The fraction of sp³-hybridized carbons (Fsp3) is 0.875. The Morgan fingerprint density at radius 3 is 2.33 bits per heavy atom. The maximum absolute atomic E-state index is 12.6. The SMILES string of the molecule is CCOC(=O)C1CC(F)C(F)C1. The van der Waals surface area contributed by atoms with Crippen molar-refractivity contribution in [3.8, 4) is 0 Å². The third-order valence-electron chi connectivity index (χ3n) is 2.03. The van der Waals surface area contributed by atoms with Gasteiger partial charge in [-0.1, -0.05) is 0 Å². The molecule has 1 aliphatic rings.